The number of hydrogen-bond acceptors (Lipinski definition) is 5. The van der Waals surface area contributed by atoms with Gasteiger partial charge in [0.25, 0.3) is 5.69 Å². The van der Waals surface area contributed by atoms with Crippen LogP contribution in [0, 0.1) is 10.1 Å². The van der Waals surface area contributed by atoms with Crippen LogP contribution in [0.1, 0.15) is 12.8 Å². The maximum Gasteiger partial charge on any atom is 0.278 e. The van der Waals surface area contributed by atoms with Gasteiger partial charge in [-0.3, -0.25) is 15.1 Å². The van der Waals surface area contributed by atoms with Crippen molar-refractivity contribution in [3.8, 4) is 0 Å². The van der Waals surface area contributed by atoms with Gasteiger partial charge in [-0.2, -0.15) is 0 Å². The van der Waals surface area contributed by atoms with Crippen molar-refractivity contribution in [2.24, 2.45) is 0 Å². The molecule has 0 saturated carbocycles. The van der Waals surface area contributed by atoms with E-state index in [2.05, 4.69) is 10.3 Å². The maximum atomic E-state index is 11.0. The number of fused-ring (bicyclic) bond motifs is 1. The Labute approximate surface area is 110 Å². The Hall–Kier alpha value is -2.21. The Kier molecular flexibility index (Phi) is 4.25. The maximum absolute atomic E-state index is 11.0. The minimum atomic E-state index is -0.403. The summed E-state index contributed by atoms with van der Waals surface area (Å²) in [5.74, 6) is 0. The Morgan fingerprint density at radius 2 is 2.11 bits per heavy atom. The van der Waals surface area contributed by atoms with E-state index in [0.717, 1.165) is 30.5 Å². The van der Waals surface area contributed by atoms with Crippen molar-refractivity contribution < 1.29 is 10.0 Å². The number of hydrogen-bond donors (Lipinski definition) is 2. The van der Waals surface area contributed by atoms with Gasteiger partial charge in [-0.15, -0.1) is 0 Å². The zero-order valence-electron chi connectivity index (χ0n) is 10.4. The SMILES string of the molecule is O=[N+]([O-])c1ccc(NCCCCO)c2ccncc12. The molecule has 1 aromatic carbocycles. The summed E-state index contributed by atoms with van der Waals surface area (Å²) in [6.45, 7) is 0.891. The van der Waals surface area contributed by atoms with Crippen molar-refractivity contribution in [1.29, 1.82) is 0 Å². The normalized spacial score (nSPS) is 10.6. The highest BCUT2D eigenvalue weighted by Gasteiger charge is 2.13. The van der Waals surface area contributed by atoms with E-state index in [0.29, 0.717) is 5.39 Å². The van der Waals surface area contributed by atoms with Crippen molar-refractivity contribution in [3.05, 3.63) is 40.7 Å². The summed E-state index contributed by atoms with van der Waals surface area (Å²) < 4.78 is 0. The van der Waals surface area contributed by atoms with Gasteiger partial charge < -0.3 is 10.4 Å². The van der Waals surface area contributed by atoms with Gasteiger partial charge in [0.2, 0.25) is 0 Å². The van der Waals surface area contributed by atoms with Gasteiger partial charge in [-0.25, -0.2) is 0 Å². The average molecular weight is 261 g/mol. The standard InChI is InChI=1S/C13H15N3O3/c17-8-2-1-6-15-12-3-4-13(16(18)19)11-9-14-7-5-10(11)12/h3-5,7,9,15,17H,1-2,6,8H2. The number of rotatable bonds is 6. The first-order valence-electron chi connectivity index (χ1n) is 6.10. The summed E-state index contributed by atoms with van der Waals surface area (Å²) in [5.41, 5.74) is 0.907. The molecule has 2 N–H and O–H groups in total. The topological polar surface area (TPSA) is 88.3 Å². The first kappa shape index (κ1) is 13.2. The second-order valence-corrected chi connectivity index (χ2v) is 4.17. The first-order chi connectivity index (χ1) is 9.24. The van der Waals surface area contributed by atoms with Crippen LogP contribution in [0.3, 0.4) is 0 Å². The van der Waals surface area contributed by atoms with Gasteiger partial charge in [-0.05, 0) is 25.0 Å². The molecule has 6 nitrogen and oxygen atoms in total. The number of unbranched alkanes of at least 4 members (excludes halogenated alkanes) is 1. The number of nitro benzene ring substituents is 1. The fraction of sp³-hybridized carbons (Fsp3) is 0.308. The second-order valence-electron chi connectivity index (χ2n) is 4.17. The molecule has 0 radical (unpaired) electrons. The van der Waals surface area contributed by atoms with Gasteiger partial charge >= 0.3 is 0 Å². The van der Waals surface area contributed by atoms with Crippen LogP contribution in [0.15, 0.2) is 30.6 Å². The van der Waals surface area contributed by atoms with E-state index in [9.17, 15) is 10.1 Å². The summed E-state index contributed by atoms with van der Waals surface area (Å²) in [5, 5.41) is 24.2. The van der Waals surface area contributed by atoms with Crippen molar-refractivity contribution in [2.45, 2.75) is 12.8 Å². The number of aromatic nitrogens is 1. The number of aliphatic hydroxyl groups is 1. The van der Waals surface area contributed by atoms with Crippen LogP contribution in [-0.4, -0.2) is 28.2 Å². The molecule has 2 rings (SSSR count). The van der Waals surface area contributed by atoms with Gasteiger partial charge in [0.15, 0.2) is 0 Å². The fourth-order valence-electron chi connectivity index (χ4n) is 1.95. The third-order valence-electron chi connectivity index (χ3n) is 2.89. The minimum absolute atomic E-state index is 0.0593. The largest absolute Gasteiger partial charge is 0.396 e. The van der Waals surface area contributed by atoms with Crippen molar-refractivity contribution in [3.63, 3.8) is 0 Å². The monoisotopic (exact) mass is 261 g/mol. The third-order valence-corrected chi connectivity index (χ3v) is 2.89. The Morgan fingerprint density at radius 1 is 1.26 bits per heavy atom. The van der Waals surface area contributed by atoms with E-state index in [1.165, 1.54) is 12.3 Å². The third kappa shape index (κ3) is 2.97. The number of benzene rings is 1. The molecule has 0 unspecified atom stereocenters. The highest BCUT2D eigenvalue weighted by molar-refractivity contribution is 5.99. The molecule has 0 fully saturated rings. The molecule has 0 aliphatic heterocycles. The number of nitro groups is 1. The van der Waals surface area contributed by atoms with Crippen LogP contribution in [0.5, 0.6) is 0 Å². The number of pyridine rings is 1. The molecule has 0 aliphatic rings. The predicted molar refractivity (Wildman–Crippen MR) is 73.2 cm³/mol. The van der Waals surface area contributed by atoms with Crippen LogP contribution in [0.25, 0.3) is 10.8 Å². The van der Waals surface area contributed by atoms with Crippen LogP contribution in [0.4, 0.5) is 11.4 Å². The molecule has 0 aliphatic carbocycles. The van der Waals surface area contributed by atoms with Gasteiger partial charge in [0.1, 0.15) is 0 Å². The van der Waals surface area contributed by atoms with Crippen molar-refractivity contribution in [2.75, 3.05) is 18.5 Å². The molecule has 6 heteroatoms. The highest BCUT2D eigenvalue weighted by Crippen LogP contribution is 2.30. The number of nitrogens with zero attached hydrogens (tertiary/aromatic N) is 2. The van der Waals surface area contributed by atoms with Crippen LogP contribution < -0.4 is 5.32 Å². The van der Waals surface area contributed by atoms with Crippen molar-refractivity contribution >= 4 is 22.1 Å². The molecule has 1 heterocycles. The van der Waals surface area contributed by atoms with Crippen LogP contribution >= 0.6 is 0 Å². The Morgan fingerprint density at radius 3 is 2.84 bits per heavy atom. The zero-order valence-corrected chi connectivity index (χ0v) is 10.4. The Bertz CT molecular complexity index is 586. The lowest BCUT2D eigenvalue weighted by Crippen LogP contribution is -2.03. The lowest BCUT2D eigenvalue weighted by atomic mass is 10.1. The molecule has 19 heavy (non-hydrogen) atoms. The highest BCUT2D eigenvalue weighted by atomic mass is 16.6. The lowest BCUT2D eigenvalue weighted by Gasteiger charge is -2.09. The van der Waals surface area contributed by atoms with Crippen LogP contribution in [0.2, 0.25) is 0 Å². The van der Waals surface area contributed by atoms with Gasteiger partial charge in [0, 0.05) is 42.7 Å². The van der Waals surface area contributed by atoms with E-state index in [1.807, 2.05) is 0 Å². The summed E-state index contributed by atoms with van der Waals surface area (Å²) in [4.78, 5) is 14.5. The molecule has 0 saturated heterocycles. The molecule has 0 spiro atoms. The smallest absolute Gasteiger partial charge is 0.278 e. The molecule has 2 aromatic rings. The van der Waals surface area contributed by atoms with E-state index >= 15 is 0 Å². The van der Waals surface area contributed by atoms with Crippen LogP contribution in [-0.2, 0) is 0 Å². The number of nitrogens with one attached hydrogen (secondary N) is 1. The fourth-order valence-corrected chi connectivity index (χ4v) is 1.95. The summed E-state index contributed by atoms with van der Waals surface area (Å²) in [7, 11) is 0. The van der Waals surface area contributed by atoms with E-state index in [4.69, 9.17) is 5.11 Å². The summed E-state index contributed by atoms with van der Waals surface area (Å²) >= 11 is 0. The molecule has 0 amide bonds. The Balaban J connectivity index is 2.30. The van der Waals surface area contributed by atoms with Gasteiger partial charge in [-0.1, -0.05) is 0 Å². The quantitative estimate of drug-likeness (QED) is 0.473. The average Bonchev–Trinajstić information content (AvgIpc) is 2.43. The molecule has 100 valence electrons. The van der Waals surface area contributed by atoms with Gasteiger partial charge in [0.05, 0.1) is 10.3 Å². The zero-order chi connectivity index (χ0) is 13.7. The van der Waals surface area contributed by atoms with E-state index < -0.39 is 4.92 Å². The summed E-state index contributed by atoms with van der Waals surface area (Å²) in [6.07, 6.45) is 4.71. The van der Waals surface area contributed by atoms with E-state index in [-0.39, 0.29) is 12.3 Å². The number of non-ortho nitro benzene ring substituents is 1. The summed E-state index contributed by atoms with van der Waals surface area (Å²) in [6, 6.07) is 4.95. The first-order valence-corrected chi connectivity index (χ1v) is 6.10. The van der Waals surface area contributed by atoms with Crippen molar-refractivity contribution in [1.82, 2.24) is 4.98 Å². The molecule has 0 bridgehead atoms. The molecule has 1 aromatic heterocycles. The van der Waals surface area contributed by atoms with E-state index in [1.54, 1.807) is 18.3 Å². The second kappa shape index (κ2) is 6.10. The molecule has 0 atom stereocenters. The molecular formula is C13H15N3O3. The lowest BCUT2D eigenvalue weighted by molar-refractivity contribution is -0.383. The predicted octanol–water partition coefficient (Wildman–Crippen LogP) is 2.33. The molecular weight excluding hydrogens is 246 g/mol. The number of aliphatic hydroxyl groups excluding tert-OH is 1. The number of anilines is 1. The minimum Gasteiger partial charge on any atom is -0.396 e.